The van der Waals surface area contributed by atoms with Gasteiger partial charge in [0.2, 0.25) is 0 Å². The SMILES string of the molecule is CCOc1ccccc1C(=O)N(CC)c1nc(-c2ccc(C)cc2)cs1. The lowest BCUT2D eigenvalue weighted by Crippen LogP contribution is -2.30. The van der Waals surface area contributed by atoms with Gasteiger partial charge in [-0.2, -0.15) is 0 Å². The number of carbonyl (C=O) groups is 1. The largest absolute Gasteiger partial charge is 0.493 e. The minimum absolute atomic E-state index is 0.0960. The average molecular weight is 366 g/mol. The molecule has 0 N–H and O–H groups in total. The van der Waals surface area contributed by atoms with Gasteiger partial charge in [-0.1, -0.05) is 42.0 Å². The maximum Gasteiger partial charge on any atom is 0.263 e. The highest BCUT2D eigenvalue weighted by Crippen LogP contribution is 2.30. The summed E-state index contributed by atoms with van der Waals surface area (Å²) >= 11 is 1.48. The number of para-hydroxylation sites is 1. The molecule has 0 radical (unpaired) electrons. The minimum Gasteiger partial charge on any atom is -0.493 e. The van der Waals surface area contributed by atoms with E-state index in [0.29, 0.717) is 29.6 Å². The standard InChI is InChI=1S/C21H22N2O2S/c1-4-23(20(24)17-8-6-7-9-19(17)25-5-2)21-22-18(14-26-21)16-12-10-15(3)11-13-16/h6-14H,4-5H2,1-3H3. The van der Waals surface area contributed by atoms with Crippen molar-refractivity contribution in [1.82, 2.24) is 4.98 Å². The second-order valence-electron chi connectivity index (χ2n) is 5.86. The van der Waals surface area contributed by atoms with E-state index in [0.717, 1.165) is 11.3 Å². The van der Waals surface area contributed by atoms with Crippen molar-refractivity contribution in [3.05, 3.63) is 65.0 Å². The Morgan fingerprint density at radius 1 is 1.12 bits per heavy atom. The first-order chi connectivity index (χ1) is 12.6. The number of aryl methyl sites for hydroxylation is 1. The summed E-state index contributed by atoms with van der Waals surface area (Å²) in [6.45, 7) is 6.98. The normalized spacial score (nSPS) is 10.6. The Kier molecular flexibility index (Phi) is 5.68. The van der Waals surface area contributed by atoms with E-state index < -0.39 is 0 Å². The van der Waals surface area contributed by atoms with E-state index in [1.807, 2.05) is 37.4 Å². The van der Waals surface area contributed by atoms with Crippen LogP contribution in [-0.4, -0.2) is 24.0 Å². The molecule has 1 aromatic heterocycles. The molecule has 0 atom stereocenters. The van der Waals surface area contributed by atoms with Crippen LogP contribution < -0.4 is 9.64 Å². The summed E-state index contributed by atoms with van der Waals surface area (Å²) in [6, 6.07) is 15.6. The zero-order valence-electron chi connectivity index (χ0n) is 15.2. The van der Waals surface area contributed by atoms with Crippen molar-refractivity contribution in [2.24, 2.45) is 0 Å². The molecule has 0 aliphatic heterocycles. The summed E-state index contributed by atoms with van der Waals surface area (Å²) in [5.74, 6) is 0.509. The number of aromatic nitrogens is 1. The van der Waals surface area contributed by atoms with Gasteiger partial charge < -0.3 is 4.74 Å². The lowest BCUT2D eigenvalue weighted by molar-refractivity contribution is 0.0984. The molecule has 2 aromatic carbocycles. The van der Waals surface area contributed by atoms with E-state index >= 15 is 0 Å². The second kappa shape index (κ2) is 8.15. The van der Waals surface area contributed by atoms with Crippen molar-refractivity contribution in [3.8, 4) is 17.0 Å². The van der Waals surface area contributed by atoms with Gasteiger partial charge in [0, 0.05) is 17.5 Å². The van der Waals surface area contributed by atoms with E-state index in [1.165, 1.54) is 16.9 Å². The van der Waals surface area contributed by atoms with Crippen LogP contribution in [-0.2, 0) is 0 Å². The minimum atomic E-state index is -0.0960. The Morgan fingerprint density at radius 2 is 1.85 bits per heavy atom. The van der Waals surface area contributed by atoms with Crippen molar-refractivity contribution in [2.75, 3.05) is 18.1 Å². The third kappa shape index (κ3) is 3.78. The van der Waals surface area contributed by atoms with Crippen molar-refractivity contribution in [2.45, 2.75) is 20.8 Å². The van der Waals surface area contributed by atoms with Crippen molar-refractivity contribution in [1.29, 1.82) is 0 Å². The van der Waals surface area contributed by atoms with E-state index in [9.17, 15) is 4.79 Å². The van der Waals surface area contributed by atoms with Gasteiger partial charge in [0.15, 0.2) is 5.13 Å². The van der Waals surface area contributed by atoms with Gasteiger partial charge >= 0.3 is 0 Å². The Balaban J connectivity index is 1.90. The number of carbonyl (C=O) groups excluding carboxylic acids is 1. The molecular weight excluding hydrogens is 344 g/mol. The highest BCUT2D eigenvalue weighted by Gasteiger charge is 2.22. The van der Waals surface area contributed by atoms with Crippen LogP contribution in [0.2, 0.25) is 0 Å². The van der Waals surface area contributed by atoms with Gasteiger partial charge in [0.25, 0.3) is 5.91 Å². The maximum absolute atomic E-state index is 13.1. The molecular formula is C21H22N2O2S. The number of rotatable bonds is 6. The molecule has 0 unspecified atom stereocenters. The van der Waals surface area contributed by atoms with E-state index in [-0.39, 0.29) is 5.91 Å². The number of anilines is 1. The lowest BCUT2D eigenvalue weighted by atomic mass is 10.1. The molecule has 0 fully saturated rings. The summed E-state index contributed by atoms with van der Waals surface area (Å²) in [4.78, 5) is 19.5. The number of benzene rings is 2. The Bertz CT molecular complexity index is 887. The Morgan fingerprint density at radius 3 is 2.54 bits per heavy atom. The average Bonchev–Trinajstić information content (AvgIpc) is 3.13. The van der Waals surface area contributed by atoms with Gasteiger partial charge in [-0.3, -0.25) is 9.69 Å². The van der Waals surface area contributed by atoms with Crippen LogP contribution in [0.4, 0.5) is 5.13 Å². The van der Waals surface area contributed by atoms with Crippen molar-refractivity contribution < 1.29 is 9.53 Å². The number of amides is 1. The number of thiazole rings is 1. The third-order valence-electron chi connectivity index (χ3n) is 4.05. The van der Waals surface area contributed by atoms with Crippen LogP contribution in [0.25, 0.3) is 11.3 Å². The van der Waals surface area contributed by atoms with Crippen LogP contribution in [0.1, 0.15) is 29.8 Å². The van der Waals surface area contributed by atoms with Crippen LogP contribution in [0.15, 0.2) is 53.9 Å². The molecule has 0 aliphatic carbocycles. The first kappa shape index (κ1) is 18.1. The fourth-order valence-electron chi connectivity index (χ4n) is 2.68. The van der Waals surface area contributed by atoms with E-state index in [1.54, 1.807) is 11.0 Å². The molecule has 0 saturated heterocycles. The summed E-state index contributed by atoms with van der Waals surface area (Å²) in [5, 5.41) is 2.68. The fraction of sp³-hybridized carbons (Fsp3) is 0.238. The fourth-order valence-corrected chi connectivity index (χ4v) is 3.58. The second-order valence-corrected chi connectivity index (χ2v) is 6.70. The predicted molar refractivity (Wildman–Crippen MR) is 107 cm³/mol. The number of hydrogen-bond acceptors (Lipinski definition) is 4. The molecule has 4 nitrogen and oxygen atoms in total. The molecule has 0 saturated carbocycles. The molecule has 0 bridgehead atoms. The van der Waals surface area contributed by atoms with Crippen molar-refractivity contribution in [3.63, 3.8) is 0 Å². The first-order valence-corrected chi connectivity index (χ1v) is 9.58. The number of nitrogens with zero attached hydrogens (tertiary/aromatic N) is 2. The summed E-state index contributed by atoms with van der Waals surface area (Å²) < 4.78 is 5.61. The number of ether oxygens (including phenoxy) is 1. The molecule has 1 heterocycles. The molecule has 3 aromatic rings. The quantitative estimate of drug-likeness (QED) is 0.603. The zero-order chi connectivity index (χ0) is 18.5. The lowest BCUT2D eigenvalue weighted by Gasteiger charge is -2.19. The highest BCUT2D eigenvalue weighted by molar-refractivity contribution is 7.14. The molecule has 134 valence electrons. The van der Waals surface area contributed by atoms with Gasteiger partial charge in [-0.05, 0) is 32.9 Å². The van der Waals surface area contributed by atoms with Gasteiger partial charge in [0.05, 0.1) is 17.9 Å². The van der Waals surface area contributed by atoms with Crippen LogP contribution in [0, 0.1) is 6.92 Å². The third-order valence-corrected chi connectivity index (χ3v) is 4.91. The smallest absolute Gasteiger partial charge is 0.263 e. The predicted octanol–water partition coefficient (Wildman–Crippen LogP) is 5.18. The zero-order valence-corrected chi connectivity index (χ0v) is 16.0. The van der Waals surface area contributed by atoms with E-state index in [2.05, 4.69) is 36.2 Å². The van der Waals surface area contributed by atoms with Gasteiger partial charge in [0.1, 0.15) is 5.75 Å². The number of hydrogen-bond donors (Lipinski definition) is 0. The first-order valence-electron chi connectivity index (χ1n) is 8.70. The summed E-state index contributed by atoms with van der Waals surface area (Å²) in [5.41, 5.74) is 3.70. The molecule has 26 heavy (non-hydrogen) atoms. The van der Waals surface area contributed by atoms with Gasteiger partial charge in [-0.25, -0.2) is 4.98 Å². The van der Waals surface area contributed by atoms with Gasteiger partial charge in [-0.15, -0.1) is 11.3 Å². The molecule has 0 aliphatic rings. The molecule has 0 spiro atoms. The topological polar surface area (TPSA) is 42.4 Å². The monoisotopic (exact) mass is 366 g/mol. The van der Waals surface area contributed by atoms with Crippen molar-refractivity contribution >= 4 is 22.4 Å². The van der Waals surface area contributed by atoms with Crippen LogP contribution in [0.5, 0.6) is 5.75 Å². The summed E-state index contributed by atoms with van der Waals surface area (Å²) in [7, 11) is 0. The maximum atomic E-state index is 13.1. The summed E-state index contributed by atoms with van der Waals surface area (Å²) in [6.07, 6.45) is 0. The van der Waals surface area contributed by atoms with E-state index in [4.69, 9.17) is 4.74 Å². The molecule has 5 heteroatoms. The Hall–Kier alpha value is -2.66. The molecule has 1 amide bonds. The molecule has 3 rings (SSSR count). The van der Waals surface area contributed by atoms with Crippen LogP contribution in [0.3, 0.4) is 0 Å². The van der Waals surface area contributed by atoms with Crippen LogP contribution >= 0.6 is 11.3 Å². The Labute approximate surface area is 158 Å². The highest BCUT2D eigenvalue weighted by atomic mass is 32.1.